The van der Waals surface area contributed by atoms with Gasteiger partial charge in [0.1, 0.15) is 29.9 Å². The summed E-state index contributed by atoms with van der Waals surface area (Å²) in [6, 6.07) is 3.24. The molecule has 1 fully saturated rings. The SMILES string of the molecule is C=C1CCN(C[C@](O)(Cn2cncn2)c2ccc(F)cc2F)CC1. The molecule has 2 aromatic rings. The van der Waals surface area contributed by atoms with Gasteiger partial charge in [-0.3, -0.25) is 4.90 Å². The molecule has 1 aromatic carbocycles. The van der Waals surface area contributed by atoms with Gasteiger partial charge in [-0.1, -0.05) is 18.2 Å². The van der Waals surface area contributed by atoms with Gasteiger partial charge in [-0.2, -0.15) is 5.10 Å². The van der Waals surface area contributed by atoms with E-state index in [4.69, 9.17) is 0 Å². The maximum atomic E-state index is 14.3. The number of likely N-dealkylation sites (tertiary alicyclic amines) is 1. The third-order valence-electron chi connectivity index (χ3n) is 4.37. The van der Waals surface area contributed by atoms with Crippen LogP contribution >= 0.6 is 0 Å². The molecule has 0 aliphatic carbocycles. The first-order valence-electron chi connectivity index (χ1n) is 7.86. The first-order valence-corrected chi connectivity index (χ1v) is 7.86. The van der Waals surface area contributed by atoms with Crippen LogP contribution in [0.2, 0.25) is 0 Å². The highest BCUT2D eigenvalue weighted by Crippen LogP contribution is 2.29. The molecule has 0 amide bonds. The quantitative estimate of drug-likeness (QED) is 0.851. The summed E-state index contributed by atoms with van der Waals surface area (Å²) in [5, 5.41) is 15.2. The monoisotopic (exact) mass is 334 g/mol. The van der Waals surface area contributed by atoms with Crippen molar-refractivity contribution in [3.63, 3.8) is 0 Å². The van der Waals surface area contributed by atoms with Crippen LogP contribution in [0.25, 0.3) is 0 Å². The highest BCUT2D eigenvalue weighted by molar-refractivity contribution is 5.26. The van der Waals surface area contributed by atoms with Gasteiger partial charge in [0.15, 0.2) is 0 Å². The van der Waals surface area contributed by atoms with E-state index >= 15 is 0 Å². The number of rotatable bonds is 5. The van der Waals surface area contributed by atoms with Gasteiger partial charge in [0.2, 0.25) is 0 Å². The van der Waals surface area contributed by atoms with E-state index in [9.17, 15) is 13.9 Å². The predicted octanol–water partition coefficient (Wildman–Crippen LogP) is 2.10. The average molecular weight is 334 g/mol. The molecule has 128 valence electrons. The van der Waals surface area contributed by atoms with E-state index in [1.54, 1.807) is 0 Å². The first-order chi connectivity index (χ1) is 11.5. The number of β-amino-alcohol motifs (C(OH)–C–C–N with tert-alkyl or cyclic N) is 1. The summed E-state index contributed by atoms with van der Waals surface area (Å²) in [6.07, 6.45) is 4.52. The van der Waals surface area contributed by atoms with Crippen molar-refractivity contribution in [1.82, 2.24) is 19.7 Å². The van der Waals surface area contributed by atoms with Gasteiger partial charge in [-0.05, 0) is 18.9 Å². The largest absolute Gasteiger partial charge is 0.382 e. The van der Waals surface area contributed by atoms with Crippen molar-refractivity contribution in [3.05, 3.63) is 60.2 Å². The smallest absolute Gasteiger partial charge is 0.137 e. The van der Waals surface area contributed by atoms with Crippen molar-refractivity contribution >= 4 is 0 Å². The van der Waals surface area contributed by atoms with Crippen LogP contribution in [0.4, 0.5) is 8.78 Å². The second-order valence-electron chi connectivity index (χ2n) is 6.27. The molecule has 1 N–H and O–H groups in total. The Morgan fingerprint density at radius 1 is 1.21 bits per heavy atom. The Hall–Kier alpha value is -2.12. The summed E-state index contributed by atoms with van der Waals surface area (Å²) >= 11 is 0. The topological polar surface area (TPSA) is 54.2 Å². The van der Waals surface area contributed by atoms with E-state index in [-0.39, 0.29) is 18.7 Å². The van der Waals surface area contributed by atoms with Crippen molar-refractivity contribution in [2.45, 2.75) is 25.0 Å². The van der Waals surface area contributed by atoms with Gasteiger partial charge in [0.25, 0.3) is 0 Å². The minimum atomic E-state index is -1.54. The number of halogens is 2. The third kappa shape index (κ3) is 3.68. The summed E-state index contributed by atoms with van der Waals surface area (Å²) in [6.45, 7) is 5.74. The van der Waals surface area contributed by atoms with Crippen molar-refractivity contribution < 1.29 is 13.9 Å². The van der Waals surface area contributed by atoms with Crippen LogP contribution in [-0.2, 0) is 12.1 Å². The Morgan fingerprint density at radius 2 is 1.96 bits per heavy atom. The molecule has 0 bridgehead atoms. The van der Waals surface area contributed by atoms with Crippen molar-refractivity contribution in [2.75, 3.05) is 19.6 Å². The molecule has 0 saturated carbocycles. The third-order valence-corrected chi connectivity index (χ3v) is 4.37. The number of hydrogen-bond donors (Lipinski definition) is 1. The second-order valence-corrected chi connectivity index (χ2v) is 6.27. The summed E-state index contributed by atoms with van der Waals surface area (Å²) in [5.41, 5.74) is -0.299. The van der Waals surface area contributed by atoms with Crippen LogP contribution in [0.5, 0.6) is 0 Å². The van der Waals surface area contributed by atoms with E-state index < -0.39 is 17.2 Å². The lowest BCUT2D eigenvalue weighted by molar-refractivity contribution is -0.0232. The number of piperidine rings is 1. The molecule has 0 radical (unpaired) electrons. The second kappa shape index (κ2) is 6.78. The lowest BCUT2D eigenvalue weighted by Gasteiger charge is -2.37. The van der Waals surface area contributed by atoms with E-state index in [0.29, 0.717) is 0 Å². The van der Waals surface area contributed by atoms with E-state index in [1.165, 1.54) is 29.0 Å². The minimum Gasteiger partial charge on any atom is -0.382 e. The fraction of sp³-hybridized carbons (Fsp3) is 0.412. The predicted molar refractivity (Wildman–Crippen MR) is 85.1 cm³/mol. The van der Waals surface area contributed by atoms with Gasteiger partial charge in [-0.25, -0.2) is 18.4 Å². The van der Waals surface area contributed by atoms with Crippen LogP contribution in [-0.4, -0.2) is 44.4 Å². The number of nitrogens with zero attached hydrogens (tertiary/aromatic N) is 4. The minimum absolute atomic E-state index is 0.0347. The van der Waals surface area contributed by atoms with Crippen molar-refractivity contribution in [3.8, 4) is 0 Å². The molecule has 1 aromatic heterocycles. The van der Waals surface area contributed by atoms with Crippen LogP contribution in [0.1, 0.15) is 18.4 Å². The van der Waals surface area contributed by atoms with Crippen LogP contribution in [0.15, 0.2) is 43.0 Å². The molecule has 5 nitrogen and oxygen atoms in total. The normalized spacial score (nSPS) is 18.5. The van der Waals surface area contributed by atoms with Crippen molar-refractivity contribution in [1.29, 1.82) is 0 Å². The van der Waals surface area contributed by atoms with Gasteiger partial charge < -0.3 is 5.11 Å². The molecule has 1 saturated heterocycles. The zero-order chi connectivity index (χ0) is 17.2. The van der Waals surface area contributed by atoms with Gasteiger partial charge in [0, 0.05) is 31.3 Å². The maximum absolute atomic E-state index is 14.3. The van der Waals surface area contributed by atoms with Crippen LogP contribution < -0.4 is 0 Å². The molecule has 1 aliphatic rings. The fourth-order valence-electron chi connectivity index (χ4n) is 3.07. The standard InChI is InChI=1S/C17H20F2N4O/c1-13-4-6-22(7-5-13)9-17(24,10-23-12-20-11-21-23)15-3-2-14(18)8-16(15)19/h2-3,8,11-12,24H,1,4-7,9-10H2/t17-/m0/s1. The molecule has 2 heterocycles. The number of benzene rings is 1. The van der Waals surface area contributed by atoms with Crippen LogP contribution in [0, 0.1) is 11.6 Å². The number of hydrogen-bond acceptors (Lipinski definition) is 4. The summed E-state index contributed by atoms with van der Waals surface area (Å²) in [4.78, 5) is 5.92. The first kappa shape index (κ1) is 16.7. The Bertz CT molecular complexity index is 709. The fourth-order valence-corrected chi connectivity index (χ4v) is 3.07. The van der Waals surface area contributed by atoms with E-state index in [1.807, 2.05) is 0 Å². The van der Waals surface area contributed by atoms with E-state index in [0.717, 1.165) is 38.1 Å². The lowest BCUT2D eigenvalue weighted by Crippen LogP contribution is -2.46. The average Bonchev–Trinajstić information content (AvgIpc) is 3.02. The molecular weight excluding hydrogens is 314 g/mol. The molecule has 1 atom stereocenters. The molecule has 24 heavy (non-hydrogen) atoms. The zero-order valence-corrected chi connectivity index (χ0v) is 13.3. The number of aliphatic hydroxyl groups is 1. The van der Waals surface area contributed by atoms with E-state index in [2.05, 4.69) is 21.6 Å². The van der Waals surface area contributed by atoms with Gasteiger partial charge in [0.05, 0.1) is 6.54 Å². The molecule has 3 rings (SSSR count). The molecular formula is C17H20F2N4O. The highest BCUT2D eigenvalue weighted by atomic mass is 19.1. The molecule has 7 heteroatoms. The Labute approximate surface area is 139 Å². The van der Waals surface area contributed by atoms with Gasteiger partial charge >= 0.3 is 0 Å². The summed E-state index contributed by atoms with van der Waals surface area (Å²) in [5.74, 6) is -1.44. The Balaban J connectivity index is 1.89. The zero-order valence-electron chi connectivity index (χ0n) is 13.3. The molecule has 0 unspecified atom stereocenters. The highest BCUT2D eigenvalue weighted by Gasteiger charge is 2.36. The van der Waals surface area contributed by atoms with Crippen molar-refractivity contribution in [2.24, 2.45) is 0 Å². The summed E-state index contributed by atoms with van der Waals surface area (Å²) in [7, 11) is 0. The maximum Gasteiger partial charge on any atom is 0.137 e. The van der Waals surface area contributed by atoms with Crippen LogP contribution in [0.3, 0.4) is 0 Å². The lowest BCUT2D eigenvalue weighted by atomic mass is 9.91. The molecule has 1 aliphatic heterocycles. The van der Waals surface area contributed by atoms with Gasteiger partial charge in [-0.15, -0.1) is 0 Å². The Morgan fingerprint density at radius 3 is 2.58 bits per heavy atom. The Kier molecular flexibility index (Phi) is 4.73. The summed E-state index contributed by atoms with van der Waals surface area (Å²) < 4.78 is 29.0. The molecule has 0 spiro atoms. The number of aromatic nitrogens is 3.